The molecule has 19 heavy (non-hydrogen) atoms. The molecule has 0 unspecified atom stereocenters. The van der Waals surface area contributed by atoms with Gasteiger partial charge in [0.25, 0.3) is 0 Å². The van der Waals surface area contributed by atoms with Crippen molar-refractivity contribution in [3.8, 4) is 0 Å². The van der Waals surface area contributed by atoms with Crippen LogP contribution in [0.4, 0.5) is 0 Å². The lowest BCUT2D eigenvalue weighted by Gasteiger charge is -2.26. The second-order valence-electron chi connectivity index (χ2n) is 4.17. The third kappa shape index (κ3) is 2.06. The molecule has 0 saturated carbocycles. The standard InChI is InChI=1S/C10H11N5O3S/c16-10-2-1-8(5-11-10)19(17,18)15-4-3-14-7-12-13-9(14)6-15/h1-2,5,7H,3-4,6H2,(H,11,16). The molecule has 100 valence electrons. The van der Waals surface area contributed by atoms with Crippen LogP contribution in [0.5, 0.6) is 0 Å². The molecule has 2 aromatic rings. The quantitative estimate of drug-likeness (QED) is 0.774. The Kier molecular flexibility index (Phi) is 2.72. The molecule has 1 aliphatic rings. The fourth-order valence-electron chi connectivity index (χ4n) is 1.96. The lowest BCUT2D eigenvalue weighted by molar-refractivity contribution is 0.335. The van der Waals surface area contributed by atoms with Crippen molar-refractivity contribution in [1.82, 2.24) is 24.1 Å². The maximum absolute atomic E-state index is 12.4. The maximum Gasteiger partial charge on any atom is 0.247 e. The van der Waals surface area contributed by atoms with E-state index in [1.807, 2.05) is 4.57 Å². The van der Waals surface area contributed by atoms with Gasteiger partial charge >= 0.3 is 0 Å². The lowest BCUT2D eigenvalue weighted by atomic mass is 10.4. The van der Waals surface area contributed by atoms with Gasteiger partial charge in [0.05, 0.1) is 11.4 Å². The van der Waals surface area contributed by atoms with Gasteiger partial charge in [0.1, 0.15) is 12.2 Å². The summed E-state index contributed by atoms with van der Waals surface area (Å²) in [6, 6.07) is 2.49. The summed E-state index contributed by atoms with van der Waals surface area (Å²) in [6.07, 6.45) is 2.79. The zero-order valence-electron chi connectivity index (χ0n) is 9.85. The third-order valence-electron chi connectivity index (χ3n) is 3.00. The molecule has 1 aliphatic heterocycles. The molecule has 0 aromatic carbocycles. The number of rotatable bonds is 2. The van der Waals surface area contributed by atoms with Gasteiger partial charge in [0.15, 0.2) is 0 Å². The average Bonchev–Trinajstić information content (AvgIpc) is 2.86. The SMILES string of the molecule is O=c1ccc(S(=O)(=O)N2CCn3cnnc3C2)c[nH]1. The monoisotopic (exact) mass is 281 g/mol. The van der Waals surface area contributed by atoms with Crippen molar-refractivity contribution in [2.75, 3.05) is 6.54 Å². The molecule has 2 aromatic heterocycles. The van der Waals surface area contributed by atoms with Crippen molar-refractivity contribution in [2.24, 2.45) is 0 Å². The Labute approximate surface area is 108 Å². The number of nitrogens with zero attached hydrogens (tertiary/aromatic N) is 4. The molecular weight excluding hydrogens is 270 g/mol. The number of H-pyrrole nitrogens is 1. The van der Waals surface area contributed by atoms with Gasteiger partial charge in [-0.05, 0) is 6.07 Å². The molecule has 0 amide bonds. The van der Waals surface area contributed by atoms with Gasteiger partial charge in [-0.3, -0.25) is 4.79 Å². The van der Waals surface area contributed by atoms with E-state index in [2.05, 4.69) is 15.2 Å². The van der Waals surface area contributed by atoms with Crippen LogP contribution in [0.25, 0.3) is 0 Å². The van der Waals surface area contributed by atoms with E-state index in [4.69, 9.17) is 0 Å². The zero-order valence-corrected chi connectivity index (χ0v) is 10.7. The summed E-state index contributed by atoms with van der Waals surface area (Å²) in [5.41, 5.74) is -0.336. The first kappa shape index (κ1) is 12.1. The molecule has 8 nitrogen and oxygen atoms in total. The smallest absolute Gasteiger partial charge is 0.247 e. The number of hydrogen-bond acceptors (Lipinski definition) is 5. The number of nitrogens with one attached hydrogen (secondary N) is 1. The summed E-state index contributed by atoms with van der Waals surface area (Å²) in [5, 5.41) is 7.63. The minimum atomic E-state index is -3.62. The molecule has 9 heteroatoms. The van der Waals surface area contributed by atoms with E-state index in [-0.39, 0.29) is 17.0 Å². The van der Waals surface area contributed by atoms with Crippen LogP contribution in [0.15, 0.2) is 34.3 Å². The normalized spacial score (nSPS) is 16.2. The van der Waals surface area contributed by atoms with Gasteiger partial charge in [0.2, 0.25) is 15.6 Å². The molecule has 0 spiro atoms. The average molecular weight is 281 g/mol. The first-order valence-corrected chi connectivity index (χ1v) is 7.07. The first-order valence-electron chi connectivity index (χ1n) is 5.63. The van der Waals surface area contributed by atoms with Gasteiger partial charge in [0, 0.05) is 25.4 Å². The molecule has 3 rings (SSSR count). The molecular formula is C10H11N5O3S. The maximum atomic E-state index is 12.4. The summed E-state index contributed by atoms with van der Waals surface area (Å²) in [6.45, 7) is 1.05. The highest BCUT2D eigenvalue weighted by molar-refractivity contribution is 7.89. The molecule has 3 heterocycles. The molecule has 0 saturated heterocycles. The Bertz CT molecular complexity index is 743. The number of sulfonamides is 1. The topological polar surface area (TPSA) is 101 Å². The Morgan fingerprint density at radius 3 is 2.84 bits per heavy atom. The summed E-state index contributed by atoms with van der Waals surface area (Å²) >= 11 is 0. The van der Waals surface area contributed by atoms with Crippen LogP contribution in [0.3, 0.4) is 0 Å². The number of hydrogen-bond donors (Lipinski definition) is 1. The highest BCUT2D eigenvalue weighted by Gasteiger charge is 2.29. The number of fused-ring (bicyclic) bond motifs is 1. The van der Waals surface area contributed by atoms with Crippen molar-refractivity contribution >= 4 is 10.0 Å². The van der Waals surface area contributed by atoms with E-state index in [1.165, 1.54) is 22.6 Å². The predicted octanol–water partition coefficient (Wildman–Crippen LogP) is -0.829. The van der Waals surface area contributed by atoms with Crippen LogP contribution < -0.4 is 5.56 Å². The fraction of sp³-hybridized carbons (Fsp3) is 0.300. The molecule has 1 N–H and O–H groups in total. The molecule has 0 bridgehead atoms. The fourth-order valence-corrected chi connectivity index (χ4v) is 3.31. The van der Waals surface area contributed by atoms with Crippen molar-refractivity contribution in [2.45, 2.75) is 18.0 Å². The summed E-state index contributed by atoms with van der Waals surface area (Å²) in [5.74, 6) is 0.610. The van der Waals surface area contributed by atoms with Crippen molar-refractivity contribution in [3.05, 3.63) is 40.8 Å². The molecule has 0 fully saturated rings. The minimum absolute atomic E-state index is 0.0695. The third-order valence-corrected chi connectivity index (χ3v) is 4.84. The Balaban J connectivity index is 1.94. The van der Waals surface area contributed by atoms with E-state index < -0.39 is 10.0 Å². The first-order chi connectivity index (χ1) is 9.07. The van der Waals surface area contributed by atoms with Gasteiger partial charge in [-0.1, -0.05) is 0 Å². The predicted molar refractivity (Wildman–Crippen MR) is 64.7 cm³/mol. The van der Waals surface area contributed by atoms with E-state index >= 15 is 0 Å². The van der Waals surface area contributed by atoms with Crippen LogP contribution in [-0.4, -0.2) is 39.0 Å². The summed E-state index contributed by atoms with van der Waals surface area (Å²) in [7, 11) is -3.62. The number of pyridine rings is 1. The van der Waals surface area contributed by atoms with E-state index in [1.54, 1.807) is 6.33 Å². The summed E-state index contributed by atoms with van der Waals surface area (Å²) in [4.78, 5) is 13.4. The van der Waals surface area contributed by atoms with E-state index in [0.29, 0.717) is 18.9 Å². The van der Waals surface area contributed by atoms with E-state index in [0.717, 1.165) is 0 Å². The number of aromatic amines is 1. The van der Waals surface area contributed by atoms with Crippen LogP contribution in [0.2, 0.25) is 0 Å². The summed E-state index contributed by atoms with van der Waals surface area (Å²) < 4.78 is 27.9. The van der Waals surface area contributed by atoms with Gasteiger partial charge in [-0.15, -0.1) is 10.2 Å². The van der Waals surface area contributed by atoms with Crippen molar-refractivity contribution in [3.63, 3.8) is 0 Å². The van der Waals surface area contributed by atoms with Crippen molar-refractivity contribution < 1.29 is 8.42 Å². The van der Waals surface area contributed by atoms with Gasteiger partial charge in [-0.25, -0.2) is 8.42 Å². The minimum Gasteiger partial charge on any atom is -0.328 e. The van der Waals surface area contributed by atoms with Gasteiger partial charge in [-0.2, -0.15) is 4.31 Å². The van der Waals surface area contributed by atoms with Crippen LogP contribution in [0.1, 0.15) is 5.82 Å². The lowest BCUT2D eigenvalue weighted by Crippen LogP contribution is -2.38. The second kappa shape index (κ2) is 4.28. The Morgan fingerprint density at radius 2 is 2.11 bits per heavy atom. The molecule has 0 atom stereocenters. The second-order valence-corrected chi connectivity index (χ2v) is 6.11. The zero-order chi connectivity index (χ0) is 13.5. The molecule has 0 radical (unpaired) electrons. The molecule has 0 aliphatic carbocycles. The van der Waals surface area contributed by atoms with Crippen molar-refractivity contribution in [1.29, 1.82) is 0 Å². The van der Waals surface area contributed by atoms with Gasteiger partial charge < -0.3 is 9.55 Å². The van der Waals surface area contributed by atoms with Crippen LogP contribution in [0, 0.1) is 0 Å². The highest BCUT2D eigenvalue weighted by Crippen LogP contribution is 2.19. The van der Waals surface area contributed by atoms with E-state index in [9.17, 15) is 13.2 Å². The Hall–Kier alpha value is -2.00. The Morgan fingerprint density at radius 1 is 1.26 bits per heavy atom. The van der Waals surface area contributed by atoms with Crippen LogP contribution >= 0.6 is 0 Å². The number of aromatic nitrogens is 4. The largest absolute Gasteiger partial charge is 0.328 e. The van der Waals surface area contributed by atoms with Crippen LogP contribution in [-0.2, 0) is 23.1 Å². The highest BCUT2D eigenvalue weighted by atomic mass is 32.2.